The Morgan fingerprint density at radius 3 is 2.95 bits per heavy atom. The molecule has 1 amide bonds. The highest BCUT2D eigenvalue weighted by atomic mass is 16.1. The van der Waals surface area contributed by atoms with Crippen molar-refractivity contribution < 1.29 is 4.79 Å². The Labute approximate surface area is 113 Å². The molecular formula is C15H21N3O. The van der Waals surface area contributed by atoms with E-state index in [-0.39, 0.29) is 11.8 Å². The molecule has 1 aromatic rings. The van der Waals surface area contributed by atoms with Crippen molar-refractivity contribution in [1.82, 2.24) is 16.2 Å². The minimum absolute atomic E-state index is 0.109. The smallest absolute Gasteiger partial charge is 0.225 e. The first-order valence-corrected chi connectivity index (χ1v) is 7.14. The molecule has 1 saturated carbocycles. The van der Waals surface area contributed by atoms with Crippen LogP contribution in [0.2, 0.25) is 0 Å². The second-order valence-corrected chi connectivity index (χ2v) is 5.55. The van der Waals surface area contributed by atoms with Crippen molar-refractivity contribution in [1.29, 1.82) is 0 Å². The van der Waals surface area contributed by atoms with Crippen LogP contribution in [0.3, 0.4) is 0 Å². The molecule has 1 saturated heterocycles. The van der Waals surface area contributed by atoms with E-state index in [2.05, 4.69) is 16.2 Å². The summed E-state index contributed by atoms with van der Waals surface area (Å²) in [6.45, 7) is 1.62. The molecule has 0 bridgehead atoms. The molecule has 3 atom stereocenters. The summed E-state index contributed by atoms with van der Waals surface area (Å²) in [5.41, 5.74) is 7.62. The second kappa shape index (κ2) is 5.72. The molecule has 3 unspecified atom stereocenters. The summed E-state index contributed by atoms with van der Waals surface area (Å²) < 4.78 is 0. The van der Waals surface area contributed by atoms with Gasteiger partial charge in [0.25, 0.3) is 0 Å². The van der Waals surface area contributed by atoms with Crippen LogP contribution in [0.4, 0.5) is 0 Å². The van der Waals surface area contributed by atoms with Crippen LogP contribution < -0.4 is 16.2 Å². The summed E-state index contributed by atoms with van der Waals surface area (Å²) in [5, 5.41) is 3.07. The Bertz CT molecular complexity index is 434. The molecule has 3 N–H and O–H groups in total. The monoisotopic (exact) mass is 259 g/mol. The lowest BCUT2D eigenvalue weighted by Crippen LogP contribution is -2.47. The van der Waals surface area contributed by atoms with E-state index in [9.17, 15) is 4.79 Å². The first kappa shape index (κ1) is 12.6. The SMILES string of the molecule is O=C(NCc1ccccc1)C1CCCC2CNNC21. The van der Waals surface area contributed by atoms with Crippen molar-refractivity contribution in [3.8, 4) is 0 Å². The minimum Gasteiger partial charge on any atom is -0.352 e. The molecule has 1 aliphatic heterocycles. The normalized spacial score (nSPS) is 29.8. The zero-order valence-corrected chi connectivity index (χ0v) is 11.1. The Hall–Kier alpha value is -1.39. The second-order valence-electron chi connectivity index (χ2n) is 5.55. The maximum absolute atomic E-state index is 12.3. The molecule has 2 aliphatic rings. The van der Waals surface area contributed by atoms with Crippen molar-refractivity contribution in [2.24, 2.45) is 11.8 Å². The standard InChI is InChI=1S/C15H21N3O/c19-15(16-9-11-5-2-1-3-6-11)13-8-4-7-12-10-17-18-14(12)13/h1-3,5-6,12-14,17-18H,4,7-10H2,(H,16,19). The van der Waals surface area contributed by atoms with Crippen LogP contribution in [-0.2, 0) is 11.3 Å². The predicted molar refractivity (Wildman–Crippen MR) is 74.0 cm³/mol. The summed E-state index contributed by atoms with van der Waals surface area (Å²) in [5.74, 6) is 0.911. The van der Waals surface area contributed by atoms with Crippen molar-refractivity contribution in [3.63, 3.8) is 0 Å². The van der Waals surface area contributed by atoms with Gasteiger partial charge in [-0.15, -0.1) is 0 Å². The fourth-order valence-electron chi connectivity index (χ4n) is 3.25. The summed E-state index contributed by atoms with van der Waals surface area (Å²) in [4.78, 5) is 12.3. The molecule has 3 rings (SSSR count). The van der Waals surface area contributed by atoms with Gasteiger partial charge in [-0.1, -0.05) is 36.8 Å². The Balaban J connectivity index is 1.57. The molecule has 0 aromatic heterocycles. The van der Waals surface area contributed by atoms with Crippen LogP contribution in [0, 0.1) is 11.8 Å². The minimum atomic E-state index is 0.109. The number of nitrogens with one attached hydrogen (secondary N) is 3. The maximum Gasteiger partial charge on any atom is 0.225 e. The number of hydrogen-bond acceptors (Lipinski definition) is 3. The summed E-state index contributed by atoms with van der Waals surface area (Å²) in [7, 11) is 0. The maximum atomic E-state index is 12.3. The van der Waals surface area contributed by atoms with Crippen LogP contribution in [-0.4, -0.2) is 18.5 Å². The van der Waals surface area contributed by atoms with Gasteiger partial charge in [0.2, 0.25) is 5.91 Å². The quantitative estimate of drug-likeness (QED) is 0.764. The third-order valence-corrected chi connectivity index (χ3v) is 4.31. The average molecular weight is 259 g/mol. The third kappa shape index (κ3) is 2.80. The first-order chi connectivity index (χ1) is 9.34. The van der Waals surface area contributed by atoms with Crippen molar-refractivity contribution in [2.75, 3.05) is 6.54 Å². The van der Waals surface area contributed by atoms with Crippen LogP contribution in [0.5, 0.6) is 0 Å². The van der Waals surface area contributed by atoms with Gasteiger partial charge in [-0.3, -0.25) is 15.6 Å². The Morgan fingerprint density at radius 2 is 2.11 bits per heavy atom. The van der Waals surface area contributed by atoms with E-state index in [1.807, 2.05) is 30.3 Å². The number of carbonyl (C=O) groups excluding carboxylic acids is 1. The van der Waals surface area contributed by atoms with Gasteiger partial charge in [0.1, 0.15) is 0 Å². The number of amides is 1. The van der Waals surface area contributed by atoms with Gasteiger partial charge in [0.05, 0.1) is 5.92 Å². The van der Waals surface area contributed by atoms with Gasteiger partial charge in [-0.2, -0.15) is 0 Å². The van der Waals surface area contributed by atoms with E-state index in [4.69, 9.17) is 0 Å². The van der Waals surface area contributed by atoms with Crippen molar-refractivity contribution in [2.45, 2.75) is 31.8 Å². The Kier molecular flexibility index (Phi) is 3.80. The molecule has 1 heterocycles. The largest absolute Gasteiger partial charge is 0.352 e. The van der Waals surface area contributed by atoms with E-state index >= 15 is 0 Å². The highest BCUT2D eigenvalue weighted by Crippen LogP contribution is 2.31. The molecule has 0 radical (unpaired) electrons. The molecule has 1 aromatic carbocycles. The third-order valence-electron chi connectivity index (χ3n) is 4.31. The number of hydrazine groups is 1. The fraction of sp³-hybridized carbons (Fsp3) is 0.533. The Morgan fingerprint density at radius 1 is 1.26 bits per heavy atom. The van der Waals surface area contributed by atoms with E-state index in [1.165, 1.54) is 6.42 Å². The lowest BCUT2D eigenvalue weighted by Gasteiger charge is -2.31. The highest BCUT2D eigenvalue weighted by molar-refractivity contribution is 5.79. The fourth-order valence-corrected chi connectivity index (χ4v) is 3.25. The van der Waals surface area contributed by atoms with E-state index in [1.54, 1.807) is 0 Å². The summed E-state index contributed by atoms with van der Waals surface area (Å²) >= 11 is 0. The summed E-state index contributed by atoms with van der Waals surface area (Å²) in [6, 6.07) is 10.4. The van der Waals surface area contributed by atoms with Crippen molar-refractivity contribution >= 4 is 5.91 Å². The van der Waals surface area contributed by atoms with Gasteiger partial charge >= 0.3 is 0 Å². The van der Waals surface area contributed by atoms with Gasteiger partial charge in [-0.25, -0.2) is 0 Å². The summed E-state index contributed by atoms with van der Waals surface area (Å²) in [6.07, 6.45) is 3.39. The van der Waals surface area contributed by atoms with Crippen LogP contribution in [0.1, 0.15) is 24.8 Å². The topological polar surface area (TPSA) is 53.2 Å². The number of carbonyl (C=O) groups is 1. The predicted octanol–water partition coefficient (Wildman–Crippen LogP) is 1.20. The van der Waals surface area contributed by atoms with Gasteiger partial charge in [0, 0.05) is 19.1 Å². The highest BCUT2D eigenvalue weighted by Gasteiger charge is 2.39. The first-order valence-electron chi connectivity index (χ1n) is 7.14. The zero-order chi connectivity index (χ0) is 13.1. The number of fused-ring (bicyclic) bond motifs is 1. The number of benzene rings is 1. The number of rotatable bonds is 3. The van der Waals surface area contributed by atoms with Gasteiger partial charge in [0.15, 0.2) is 0 Å². The molecule has 4 heteroatoms. The molecule has 1 aliphatic carbocycles. The molecule has 102 valence electrons. The lowest BCUT2D eigenvalue weighted by molar-refractivity contribution is -0.127. The molecule has 19 heavy (non-hydrogen) atoms. The number of hydrogen-bond donors (Lipinski definition) is 3. The van der Waals surface area contributed by atoms with Crippen LogP contribution >= 0.6 is 0 Å². The van der Waals surface area contributed by atoms with Crippen molar-refractivity contribution in [3.05, 3.63) is 35.9 Å². The van der Waals surface area contributed by atoms with E-state index in [0.717, 1.165) is 24.9 Å². The average Bonchev–Trinajstić information content (AvgIpc) is 2.94. The molecule has 2 fully saturated rings. The molecule has 4 nitrogen and oxygen atoms in total. The zero-order valence-electron chi connectivity index (χ0n) is 11.1. The van der Waals surface area contributed by atoms with Gasteiger partial charge in [-0.05, 0) is 24.3 Å². The lowest BCUT2D eigenvalue weighted by atomic mass is 9.77. The van der Waals surface area contributed by atoms with E-state index in [0.29, 0.717) is 18.5 Å². The van der Waals surface area contributed by atoms with E-state index < -0.39 is 0 Å². The molecule has 0 spiro atoms. The van der Waals surface area contributed by atoms with Gasteiger partial charge < -0.3 is 5.32 Å². The molecular weight excluding hydrogens is 238 g/mol. The van der Waals surface area contributed by atoms with Crippen LogP contribution in [0.25, 0.3) is 0 Å². The van der Waals surface area contributed by atoms with Crippen LogP contribution in [0.15, 0.2) is 30.3 Å².